The fraction of sp³-hybridized carbons (Fsp3) is 0.483. The highest BCUT2D eigenvalue weighted by Gasteiger charge is 2.37. The molecule has 0 aromatic heterocycles. The minimum atomic E-state index is -3.80. The van der Waals surface area contributed by atoms with Crippen LogP contribution < -0.4 is 4.72 Å². The number of hydrogen-bond donors (Lipinski definition) is 1. The Kier molecular flexibility index (Phi) is 8.21. The Bertz CT molecular complexity index is 1370. The van der Waals surface area contributed by atoms with Crippen LogP contribution in [0.4, 0.5) is 10.5 Å². The van der Waals surface area contributed by atoms with Gasteiger partial charge in [-0.2, -0.15) is 5.26 Å². The second-order valence-corrected chi connectivity index (χ2v) is 13.3. The molecule has 1 atom stereocenters. The largest absolute Gasteiger partial charge is 0.444 e. The van der Waals surface area contributed by atoms with E-state index >= 15 is 0 Å². The number of likely N-dealkylation sites (tertiary alicyclic amines) is 2. The summed E-state index contributed by atoms with van der Waals surface area (Å²) in [5.41, 5.74) is 2.64. The number of hydrogen-bond acceptors (Lipinski definition) is 6. The van der Waals surface area contributed by atoms with Crippen molar-refractivity contribution in [2.24, 2.45) is 0 Å². The summed E-state index contributed by atoms with van der Waals surface area (Å²) in [5.74, 6) is 0.194. The number of ether oxygens (including phenoxy) is 1. The van der Waals surface area contributed by atoms with E-state index in [-0.39, 0.29) is 12.5 Å². The van der Waals surface area contributed by atoms with Gasteiger partial charge in [-0.1, -0.05) is 18.2 Å². The number of benzene rings is 2. The summed E-state index contributed by atoms with van der Waals surface area (Å²) in [6.07, 6.45) is 1.42. The molecule has 2 fully saturated rings. The van der Waals surface area contributed by atoms with Crippen LogP contribution in [-0.2, 0) is 14.8 Å². The Hall–Kier alpha value is -3.58. The summed E-state index contributed by atoms with van der Waals surface area (Å²) in [6, 6.07) is 14.8. The number of anilines is 1. The van der Waals surface area contributed by atoms with E-state index < -0.39 is 27.0 Å². The highest BCUT2D eigenvalue weighted by Crippen LogP contribution is 2.30. The summed E-state index contributed by atoms with van der Waals surface area (Å²) in [7, 11) is -3.80. The number of amides is 2. The number of nitriles is 1. The molecule has 10 heteroatoms. The molecule has 2 heterocycles. The van der Waals surface area contributed by atoms with E-state index in [1.165, 1.54) is 10.5 Å². The van der Waals surface area contributed by atoms with E-state index in [1.807, 2.05) is 24.3 Å². The van der Waals surface area contributed by atoms with Gasteiger partial charge in [0.2, 0.25) is 10.0 Å². The molecule has 2 aliphatic rings. The molecule has 208 valence electrons. The van der Waals surface area contributed by atoms with Crippen molar-refractivity contribution in [3.8, 4) is 6.07 Å². The van der Waals surface area contributed by atoms with Gasteiger partial charge >= 0.3 is 6.09 Å². The van der Waals surface area contributed by atoms with Crippen LogP contribution in [0, 0.1) is 18.3 Å². The number of sulfonamides is 1. The quantitative estimate of drug-likeness (QED) is 0.577. The number of carbonyl (C=O) groups is 2. The zero-order valence-corrected chi connectivity index (χ0v) is 23.8. The molecule has 0 bridgehead atoms. The van der Waals surface area contributed by atoms with Gasteiger partial charge in [-0.25, -0.2) is 13.2 Å². The lowest BCUT2D eigenvalue weighted by atomic mass is 9.89. The van der Waals surface area contributed by atoms with Crippen LogP contribution in [0.25, 0.3) is 0 Å². The van der Waals surface area contributed by atoms with Crippen molar-refractivity contribution in [1.82, 2.24) is 9.80 Å². The van der Waals surface area contributed by atoms with Gasteiger partial charge < -0.3 is 14.5 Å². The second-order valence-electron chi connectivity index (χ2n) is 11.3. The Morgan fingerprint density at radius 1 is 1.00 bits per heavy atom. The summed E-state index contributed by atoms with van der Waals surface area (Å²) in [4.78, 5) is 28.9. The molecular formula is C29H36N4O5S. The maximum absolute atomic E-state index is 13.3. The zero-order chi connectivity index (χ0) is 28.4. The molecule has 2 saturated heterocycles. The average molecular weight is 553 g/mol. The molecule has 9 nitrogen and oxygen atoms in total. The lowest BCUT2D eigenvalue weighted by Gasteiger charge is -2.32. The van der Waals surface area contributed by atoms with Crippen LogP contribution in [-0.4, -0.2) is 67.2 Å². The normalized spacial score (nSPS) is 18.5. The molecule has 2 aliphatic heterocycles. The molecule has 2 aromatic rings. The molecule has 0 saturated carbocycles. The predicted octanol–water partition coefficient (Wildman–Crippen LogP) is 4.64. The van der Waals surface area contributed by atoms with E-state index in [4.69, 9.17) is 10.00 Å². The second kappa shape index (κ2) is 11.3. The highest BCUT2D eigenvalue weighted by atomic mass is 32.2. The number of nitrogens with zero attached hydrogens (tertiary/aromatic N) is 3. The Balaban J connectivity index is 1.38. The van der Waals surface area contributed by atoms with Gasteiger partial charge in [0.05, 0.1) is 22.6 Å². The van der Waals surface area contributed by atoms with E-state index in [9.17, 15) is 18.0 Å². The summed E-state index contributed by atoms with van der Waals surface area (Å²) in [5, 5.41) is 8.24. The van der Waals surface area contributed by atoms with Crippen molar-refractivity contribution in [3.63, 3.8) is 0 Å². The first-order chi connectivity index (χ1) is 18.4. The Morgan fingerprint density at radius 3 is 2.26 bits per heavy atom. The van der Waals surface area contributed by atoms with Gasteiger partial charge in [0.15, 0.2) is 0 Å². The maximum atomic E-state index is 13.3. The molecular weight excluding hydrogens is 516 g/mol. The first-order valence-electron chi connectivity index (χ1n) is 13.3. The lowest BCUT2D eigenvalue weighted by Crippen LogP contribution is -2.38. The zero-order valence-electron chi connectivity index (χ0n) is 22.9. The van der Waals surface area contributed by atoms with Crippen molar-refractivity contribution in [1.29, 1.82) is 5.26 Å². The van der Waals surface area contributed by atoms with Crippen LogP contribution in [0.5, 0.6) is 0 Å². The fourth-order valence-corrected chi connectivity index (χ4v) is 6.49. The molecule has 39 heavy (non-hydrogen) atoms. The minimum Gasteiger partial charge on any atom is -0.444 e. The third-order valence-corrected chi connectivity index (χ3v) is 9.03. The number of rotatable bonds is 5. The molecule has 1 unspecified atom stereocenters. The van der Waals surface area contributed by atoms with Crippen molar-refractivity contribution in [2.45, 2.75) is 63.7 Å². The van der Waals surface area contributed by atoms with E-state index in [0.717, 1.165) is 12.8 Å². The van der Waals surface area contributed by atoms with Crippen molar-refractivity contribution in [3.05, 3.63) is 64.7 Å². The maximum Gasteiger partial charge on any atom is 0.410 e. The first-order valence-corrected chi connectivity index (χ1v) is 14.8. The summed E-state index contributed by atoms with van der Waals surface area (Å²) >= 11 is 0. The fourth-order valence-electron chi connectivity index (χ4n) is 5.00. The van der Waals surface area contributed by atoms with E-state index in [0.29, 0.717) is 54.4 Å². The van der Waals surface area contributed by atoms with Gasteiger partial charge in [-0.15, -0.1) is 0 Å². The molecule has 2 amide bonds. The molecule has 2 aromatic carbocycles. The number of carbonyl (C=O) groups excluding carboxylic acids is 2. The first kappa shape index (κ1) is 28.4. The minimum absolute atomic E-state index is 0.0517. The van der Waals surface area contributed by atoms with Crippen molar-refractivity contribution < 1.29 is 22.7 Å². The predicted molar refractivity (Wildman–Crippen MR) is 149 cm³/mol. The third kappa shape index (κ3) is 6.90. The summed E-state index contributed by atoms with van der Waals surface area (Å²) < 4.78 is 34.4. The summed E-state index contributed by atoms with van der Waals surface area (Å²) in [6.45, 7) is 8.65. The SMILES string of the molecule is Cc1ccc(C(=O)N2CCC(c3ccc(C#N)cc3)CC2)cc1NS(=O)(=O)C1CCN(C(=O)OC(C)(C)C)C1. The highest BCUT2D eigenvalue weighted by molar-refractivity contribution is 7.93. The van der Waals surface area contributed by atoms with Gasteiger partial charge in [-0.3, -0.25) is 9.52 Å². The van der Waals surface area contributed by atoms with Crippen molar-refractivity contribution in [2.75, 3.05) is 30.9 Å². The lowest BCUT2D eigenvalue weighted by molar-refractivity contribution is 0.0295. The smallest absolute Gasteiger partial charge is 0.410 e. The molecule has 0 aliphatic carbocycles. The van der Waals surface area contributed by atoms with Crippen molar-refractivity contribution >= 4 is 27.7 Å². The standard InChI is InChI=1S/C29H36N4O5S/c1-20-5-8-24(27(34)32-14-11-23(12-15-32)22-9-6-21(18-30)7-10-22)17-26(20)31-39(36,37)25-13-16-33(19-25)28(35)38-29(2,3)4/h5-10,17,23,25,31H,11-16,19H2,1-4H3. The van der Waals surface area contributed by atoms with Gasteiger partial charge in [-0.05, 0) is 88.3 Å². The van der Waals surface area contributed by atoms with E-state index in [1.54, 1.807) is 50.8 Å². The molecule has 4 rings (SSSR count). The number of piperidine rings is 1. The van der Waals surface area contributed by atoms with E-state index in [2.05, 4.69) is 10.8 Å². The number of aryl methyl sites for hydroxylation is 1. The monoisotopic (exact) mass is 552 g/mol. The van der Waals surface area contributed by atoms with Crippen LogP contribution in [0.3, 0.4) is 0 Å². The van der Waals surface area contributed by atoms with Crippen LogP contribution in [0.2, 0.25) is 0 Å². The molecule has 1 N–H and O–H groups in total. The Labute approximate surface area is 230 Å². The third-order valence-electron chi connectivity index (χ3n) is 7.27. The van der Waals surface area contributed by atoms with Crippen LogP contribution in [0.1, 0.15) is 73.0 Å². The van der Waals surface area contributed by atoms with Crippen LogP contribution in [0.15, 0.2) is 42.5 Å². The van der Waals surface area contributed by atoms with Gasteiger partial charge in [0.1, 0.15) is 5.60 Å². The molecule has 0 spiro atoms. The topological polar surface area (TPSA) is 120 Å². The van der Waals surface area contributed by atoms with Crippen LogP contribution >= 0.6 is 0 Å². The van der Waals surface area contributed by atoms with Gasteiger partial charge in [0, 0.05) is 31.7 Å². The Morgan fingerprint density at radius 2 is 1.64 bits per heavy atom. The molecule has 0 radical (unpaired) electrons. The number of nitrogens with one attached hydrogen (secondary N) is 1. The average Bonchev–Trinajstić information content (AvgIpc) is 3.41. The van der Waals surface area contributed by atoms with Gasteiger partial charge in [0.25, 0.3) is 5.91 Å².